The van der Waals surface area contributed by atoms with Crippen LogP contribution in [-0.4, -0.2) is 33.8 Å². The molecule has 0 aromatic heterocycles. The van der Waals surface area contributed by atoms with E-state index in [9.17, 15) is 4.39 Å². The zero-order valence-electron chi connectivity index (χ0n) is 18.0. The van der Waals surface area contributed by atoms with Crippen LogP contribution < -0.4 is 10.2 Å². The van der Waals surface area contributed by atoms with Crippen molar-refractivity contribution in [1.82, 2.24) is 5.32 Å². The molecule has 0 amide bonds. The summed E-state index contributed by atoms with van der Waals surface area (Å²) < 4.78 is 12.1. The first kappa shape index (κ1) is 26.0. The summed E-state index contributed by atoms with van der Waals surface area (Å²) in [6, 6.07) is 17.3. The van der Waals surface area contributed by atoms with E-state index in [-0.39, 0.29) is 7.24 Å². The fraction of sp³-hybridized carbons (Fsp3) is 0.417. The molecule has 4 rings (SSSR count). The van der Waals surface area contributed by atoms with Crippen LogP contribution in [0.25, 0.3) is 0 Å². The molecule has 1 radical (unpaired) electrons. The Morgan fingerprint density at radius 2 is 1.23 bits per heavy atom. The number of anilines is 1. The molecule has 2 aromatic carbocycles. The molecule has 163 valence electrons. The van der Waals surface area contributed by atoms with Gasteiger partial charge in [0.05, 0.1) is 23.3 Å². The van der Waals surface area contributed by atoms with Gasteiger partial charge in [-0.1, -0.05) is 6.42 Å². The van der Waals surface area contributed by atoms with E-state index in [1.165, 1.54) is 81.6 Å². The molecule has 0 saturated carbocycles. The van der Waals surface area contributed by atoms with E-state index < -0.39 is 0 Å². The van der Waals surface area contributed by atoms with Gasteiger partial charge in [0.15, 0.2) is 0 Å². The van der Waals surface area contributed by atoms with E-state index in [0.717, 1.165) is 18.7 Å². The average Bonchev–Trinajstić information content (AvgIpc) is 2.88. The molecule has 2 aromatic rings. The van der Waals surface area contributed by atoms with E-state index in [1.807, 2.05) is 30.3 Å². The molecular weight excluding hydrogens is 388 g/mol. The van der Waals surface area contributed by atoms with Crippen molar-refractivity contribution in [3.8, 4) is 12.1 Å². The molecule has 2 aliphatic rings. The van der Waals surface area contributed by atoms with E-state index in [0.29, 0.717) is 5.56 Å². The van der Waals surface area contributed by atoms with Gasteiger partial charge in [0.25, 0.3) is 0 Å². The van der Waals surface area contributed by atoms with E-state index in [2.05, 4.69) is 23.9 Å². The third-order valence-electron chi connectivity index (χ3n) is 4.90. The van der Waals surface area contributed by atoms with Crippen molar-refractivity contribution in [2.75, 3.05) is 31.1 Å². The molecule has 0 unspecified atom stereocenters. The summed E-state index contributed by atoms with van der Waals surface area (Å²) in [5.41, 5.74) is 2.48. The fourth-order valence-corrected chi connectivity index (χ4v) is 3.23. The first-order valence-corrected chi connectivity index (χ1v) is 10.6. The maximum absolute atomic E-state index is 12.1. The third kappa shape index (κ3) is 11.1. The van der Waals surface area contributed by atoms with Gasteiger partial charge in [-0.05, 0) is 93.7 Å². The van der Waals surface area contributed by atoms with Crippen LogP contribution in [0.4, 0.5) is 10.1 Å². The van der Waals surface area contributed by atoms with Crippen molar-refractivity contribution >= 4 is 13.3 Å². The van der Waals surface area contributed by atoms with Gasteiger partial charge in [-0.25, -0.2) is 4.39 Å². The number of hydrogen-bond donors (Lipinski definition) is 2. The quantitative estimate of drug-likeness (QED) is 0.624. The van der Waals surface area contributed by atoms with Gasteiger partial charge >= 0.3 is 13.0 Å². The first-order chi connectivity index (χ1) is 15.2. The predicted octanol–water partition coefficient (Wildman–Crippen LogP) is 5.17. The monoisotopic (exact) mass is 420 g/mol. The van der Waals surface area contributed by atoms with Gasteiger partial charge in [0.1, 0.15) is 5.82 Å². The van der Waals surface area contributed by atoms with Gasteiger partial charge in [0, 0.05) is 20.2 Å². The van der Waals surface area contributed by atoms with Gasteiger partial charge in [-0.15, -0.1) is 0 Å². The summed E-state index contributed by atoms with van der Waals surface area (Å²) in [6.45, 7) is 4.82. The number of piperidine rings is 2. The Hall–Kier alpha value is -3.03. The zero-order chi connectivity index (χ0) is 22.7. The van der Waals surface area contributed by atoms with Crippen molar-refractivity contribution in [1.29, 1.82) is 15.8 Å². The van der Waals surface area contributed by atoms with Crippen LogP contribution >= 0.6 is 0 Å². The second-order valence-corrected chi connectivity index (χ2v) is 7.14. The van der Waals surface area contributed by atoms with Crippen LogP contribution in [0, 0.1) is 33.8 Å². The van der Waals surface area contributed by atoms with Gasteiger partial charge in [0.2, 0.25) is 0 Å². The van der Waals surface area contributed by atoms with Crippen LogP contribution in [-0.2, 0) is 0 Å². The second kappa shape index (κ2) is 16.7. The van der Waals surface area contributed by atoms with Crippen molar-refractivity contribution in [2.45, 2.75) is 38.5 Å². The van der Waals surface area contributed by atoms with Crippen LogP contribution in [0.1, 0.15) is 51.1 Å². The SMILES string of the molecule is C1CCNCC1.N#Cc1ccc(F)cc1.N#Cc1ccc(N2CCCCC2)cc1.[B]=N.[HH]. The summed E-state index contributed by atoms with van der Waals surface area (Å²) in [7, 11) is 3.75. The molecule has 0 bridgehead atoms. The summed E-state index contributed by atoms with van der Waals surface area (Å²) in [4.78, 5) is 2.39. The minimum Gasteiger partial charge on any atom is 0 e. The topological polar surface area (TPSA) is 86.7 Å². The molecule has 2 heterocycles. The molecule has 5 nitrogen and oxygen atoms in total. The second-order valence-electron chi connectivity index (χ2n) is 7.14. The minimum absolute atomic E-state index is 0. The van der Waals surface area contributed by atoms with E-state index >= 15 is 0 Å². The molecule has 0 aliphatic carbocycles. The predicted molar refractivity (Wildman–Crippen MR) is 126 cm³/mol. The molecule has 31 heavy (non-hydrogen) atoms. The van der Waals surface area contributed by atoms with Crippen molar-refractivity contribution in [3.63, 3.8) is 0 Å². The van der Waals surface area contributed by atoms with Crippen LogP contribution in [0.3, 0.4) is 0 Å². The smallest absolute Gasteiger partial charge is 0 e. The number of benzene rings is 2. The summed E-state index contributed by atoms with van der Waals surface area (Å²) in [6.07, 6.45) is 8.15. The minimum atomic E-state index is -0.311. The standard InChI is InChI=1S/C12H14N2.C7H4FN.C5H11N.BHN.H2/c13-10-11-4-6-12(7-5-11)14-8-2-1-3-9-14;8-7-3-1-6(5-9)2-4-7;1-2-4-6-5-3-1;1-2;/h4-7H,1-3,8-9H2;1-4H;6H,1-5H2;2H;1H. The number of hydrogen-bond acceptors (Lipinski definition) is 5. The summed E-state index contributed by atoms with van der Waals surface area (Å²) in [5.74, 6) is -0.311. The number of rotatable bonds is 1. The third-order valence-corrected chi connectivity index (χ3v) is 4.90. The Balaban J connectivity index is 0.000000462. The Bertz CT molecular complexity index is 797. The number of nitriles is 2. The van der Waals surface area contributed by atoms with Crippen molar-refractivity contribution in [3.05, 3.63) is 65.5 Å². The molecule has 2 aliphatic heterocycles. The molecule has 2 saturated heterocycles. The van der Waals surface area contributed by atoms with E-state index in [4.69, 9.17) is 15.8 Å². The average molecular weight is 420 g/mol. The fourth-order valence-electron chi connectivity index (χ4n) is 3.23. The Kier molecular flexibility index (Phi) is 14.0. The Labute approximate surface area is 187 Å². The maximum atomic E-state index is 12.1. The van der Waals surface area contributed by atoms with Crippen molar-refractivity contribution < 1.29 is 5.82 Å². The summed E-state index contributed by atoms with van der Waals surface area (Å²) in [5, 5.41) is 25.5. The summed E-state index contributed by atoms with van der Waals surface area (Å²) >= 11 is 0. The van der Waals surface area contributed by atoms with Crippen LogP contribution in [0.2, 0.25) is 0 Å². The van der Waals surface area contributed by atoms with Crippen LogP contribution in [0.5, 0.6) is 0 Å². The van der Waals surface area contributed by atoms with E-state index in [1.54, 1.807) is 0 Å². The molecule has 0 spiro atoms. The number of halogens is 1. The normalized spacial score (nSPS) is 14.6. The van der Waals surface area contributed by atoms with Crippen LogP contribution in [0.15, 0.2) is 48.5 Å². The Morgan fingerprint density at radius 3 is 1.61 bits per heavy atom. The number of nitrogens with one attached hydrogen (secondary N) is 2. The number of nitrogens with zero attached hydrogens (tertiary/aromatic N) is 3. The molecule has 2 N–H and O–H groups in total. The maximum Gasteiger partial charge on any atom is 0 e. The van der Waals surface area contributed by atoms with Gasteiger partial charge in [-0.3, -0.25) is 0 Å². The molecule has 0 atom stereocenters. The van der Waals surface area contributed by atoms with Gasteiger partial charge in [-0.2, -0.15) is 10.5 Å². The molecule has 7 heteroatoms. The largest absolute Gasteiger partial charge is 0 e. The zero-order valence-corrected chi connectivity index (χ0v) is 18.0. The molecule has 2 fully saturated rings. The van der Waals surface area contributed by atoms with Crippen molar-refractivity contribution in [2.24, 2.45) is 0 Å². The molecular formula is C24H32BFN5. The Morgan fingerprint density at radius 1 is 0.774 bits per heavy atom. The van der Waals surface area contributed by atoms with Gasteiger partial charge < -0.3 is 10.2 Å². The first-order valence-electron chi connectivity index (χ1n) is 10.6.